The first-order valence-electron chi connectivity index (χ1n) is 6.45. The van der Waals surface area contributed by atoms with Gasteiger partial charge >= 0.3 is 0 Å². The Bertz CT molecular complexity index is 361. The van der Waals surface area contributed by atoms with Crippen LogP contribution in [0.3, 0.4) is 0 Å². The molecule has 0 spiro atoms. The standard InChI is InChI=1S/C14H20ClNO/c15-13-8-4-5-11(9-10-16)14(13)17-12-6-2-1-3-7-12/h4-5,8,12H,1-3,6-7,9-10,16H2. The van der Waals surface area contributed by atoms with Crippen molar-refractivity contribution in [3.63, 3.8) is 0 Å². The number of hydrogen-bond donors (Lipinski definition) is 1. The van der Waals surface area contributed by atoms with E-state index in [9.17, 15) is 0 Å². The molecule has 2 N–H and O–H groups in total. The molecule has 2 rings (SSSR count). The van der Waals surface area contributed by atoms with Crippen molar-refractivity contribution in [3.8, 4) is 5.75 Å². The van der Waals surface area contributed by atoms with Crippen LogP contribution in [0.15, 0.2) is 18.2 Å². The van der Waals surface area contributed by atoms with Gasteiger partial charge in [0, 0.05) is 0 Å². The average molecular weight is 254 g/mol. The van der Waals surface area contributed by atoms with Crippen LogP contribution in [0.25, 0.3) is 0 Å². The van der Waals surface area contributed by atoms with E-state index in [2.05, 4.69) is 6.07 Å². The van der Waals surface area contributed by atoms with Crippen molar-refractivity contribution in [1.29, 1.82) is 0 Å². The third kappa shape index (κ3) is 3.36. The van der Waals surface area contributed by atoms with Crippen molar-refractivity contribution in [2.75, 3.05) is 6.54 Å². The molecule has 0 atom stereocenters. The highest BCUT2D eigenvalue weighted by Crippen LogP contribution is 2.32. The third-order valence-electron chi connectivity index (χ3n) is 3.30. The molecule has 1 fully saturated rings. The summed E-state index contributed by atoms with van der Waals surface area (Å²) in [6.45, 7) is 0.626. The first-order chi connectivity index (χ1) is 8.31. The van der Waals surface area contributed by atoms with E-state index in [0.29, 0.717) is 17.7 Å². The van der Waals surface area contributed by atoms with E-state index in [1.807, 2.05) is 12.1 Å². The van der Waals surface area contributed by atoms with E-state index < -0.39 is 0 Å². The summed E-state index contributed by atoms with van der Waals surface area (Å²) in [5, 5.41) is 0.710. The van der Waals surface area contributed by atoms with Crippen LogP contribution in [0.5, 0.6) is 5.75 Å². The van der Waals surface area contributed by atoms with Gasteiger partial charge in [-0.25, -0.2) is 0 Å². The van der Waals surface area contributed by atoms with Crippen molar-refractivity contribution >= 4 is 11.6 Å². The molecule has 0 heterocycles. The number of nitrogens with two attached hydrogens (primary N) is 1. The van der Waals surface area contributed by atoms with Crippen LogP contribution in [-0.2, 0) is 6.42 Å². The highest BCUT2D eigenvalue weighted by atomic mass is 35.5. The van der Waals surface area contributed by atoms with Crippen LogP contribution in [0.4, 0.5) is 0 Å². The molecule has 0 aromatic heterocycles. The quantitative estimate of drug-likeness (QED) is 0.891. The lowest BCUT2D eigenvalue weighted by molar-refractivity contribution is 0.153. The number of para-hydroxylation sites is 1. The zero-order valence-electron chi connectivity index (χ0n) is 10.1. The van der Waals surface area contributed by atoms with E-state index in [1.165, 1.54) is 19.3 Å². The van der Waals surface area contributed by atoms with Gasteiger partial charge in [-0.2, -0.15) is 0 Å². The van der Waals surface area contributed by atoms with Crippen LogP contribution in [0, 0.1) is 0 Å². The minimum Gasteiger partial charge on any atom is -0.489 e. The predicted octanol–water partition coefficient (Wildman–Crippen LogP) is 3.55. The fourth-order valence-corrected chi connectivity index (χ4v) is 2.63. The summed E-state index contributed by atoms with van der Waals surface area (Å²) in [4.78, 5) is 0. The Hall–Kier alpha value is -0.730. The zero-order valence-corrected chi connectivity index (χ0v) is 10.9. The molecule has 2 nitrogen and oxygen atoms in total. The summed E-state index contributed by atoms with van der Waals surface area (Å²) >= 11 is 6.22. The number of halogens is 1. The lowest BCUT2D eigenvalue weighted by Crippen LogP contribution is -2.20. The second-order valence-electron chi connectivity index (χ2n) is 4.64. The first-order valence-corrected chi connectivity index (χ1v) is 6.83. The number of hydrogen-bond acceptors (Lipinski definition) is 2. The monoisotopic (exact) mass is 253 g/mol. The lowest BCUT2D eigenvalue weighted by Gasteiger charge is -2.25. The Morgan fingerprint density at radius 1 is 1.24 bits per heavy atom. The van der Waals surface area contributed by atoms with Gasteiger partial charge in [0.05, 0.1) is 11.1 Å². The molecule has 0 saturated heterocycles. The van der Waals surface area contributed by atoms with Crippen molar-refractivity contribution < 1.29 is 4.74 Å². The largest absolute Gasteiger partial charge is 0.489 e. The second-order valence-corrected chi connectivity index (χ2v) is 5.05. The van der Waals surface area contributed by atoms with E-state index in [1.54, 1.807) is 0 Å². The van der Waals surface area contributed by atoms with Crippen molar-refractivity contribution in [3.05, 3.63) is 28.8 Å². The van der Waals surface area contributed by atoms with Crippen LogP contribution in [0.1, 0.15) is 37.7 Å². The van der Waals surface area contributed by atoms with Crippen molar-refractivity contribution in [2.24, 2.45) is 5.73 Å². The van der Waals surface area contributed by atoms with Gasteiger partial charge in [0.25, 0.3) is 0 Å². The molecule has 1 aromatic rings. The van der Waals surface area contributed by atoms with E-state index in [4.69, 9.17) is 22.1 Å². The average Bonchev–Trinajstić information content (AvgIpc) is 2.35. The molecule has 1 aromatic carbocycles. The maximum Gasteiger partial charge on any atom is 0.141 e. The third-order valence-corrected chi connectivity index (χ3v) is 3.60. The normalized spacial score (nSPS) is 17.1. The van der Waals surface area contributed by atoms with Gasteiger partial charge in [0.2, 0.25) is 0 Å². The molecular weight excluding hydrogens is 234 g/mol. The van der Waals surface area contributed by atoms with E-state index in [0.717, 1.165) is 30.6 Å². The SMILES string of the molecule is NCCc1cccc(Cl)c1OC1CCCCC1. The van der Waals surface area contributed by atoms with Crippen LogP contribution < -0.4 is 10.5 Å². The Balaban J connectivity index is 2.12. The number of rotatable bonds is 4. The lowest BCUT2D eigenvalue weighted by atomic mass is 9.97. The topological polar surface area (TPSA) is 35.2 Å². The van der Waals surface area contributed by atoms with Gasteiger partial charge in [-0.05, 0) is 50.3 Å². The molecule has 0 bridgehead atoms. The van der Waals surface area contributed by atoms with Gasteiger partial charge in [0.1, 0.15) is 5.75 Å². The molecule has 0 aliphatic heterocycles. The molecule has 94 valence electrons. The van der Waals surface area contributed by atoms with Gasteiger partial charge in [-0.15, -0.1) is 0 Å². The Kier molecular flexibility index (Phi) is 4.69. The van der Waals surface area contributed by atoms with Gasteiger partial charge < -0.3 is 10.5 Å². The fourth-order valence-electron chi connectivity index (χ4n) is 2.39. The fraction of sp³-hybridized carbons (Fsp3) is 0.571. The molecule has 0 unspecified atom stereocenters. The first kappa shape index (κ1) is 12.7. The predicted molar refractivity (Wildman–Crippen MR) is 71.7 cm³/mol. The molecule has 1 aliphatic rings. The minimum absolute atomic E-state index is 0.333. The maximum absolute atomic E-state index is 6.22. The van der Waals surface area contributed by atoms with Gasteiger partial charge in [-0.3, -0.25) is 0 Å². The summed E-state index contributed by atoms with van der Waals surface area (Å²) in [5.41, 5.74) is 6.74. The number of benzene rings is 1. The Morgan fingerprint density at radius 3 is 2.71 bits per heavy atom. The summed E-state index contributed by atoms with van der Waals surface area (Å²) in [7, 11) is 0. The Morgan fingerprint density at radius 2 is 2.00 bits per heavy atom. The summed E-state index contributed by atoms with van der Waals surface area (Å²) in [6.07, 6.45) is 7.31. The minimum atomic E-state index is 0.333. The van der Waals surface area contributed by atoms with Crippen LogP contribution in [-0.4, -0.2) is 12.6 Å². The molecule has 0 amide bonds. The highest BCUT2D eigenvalue weighted by Gasteiger charge is 2.17. The summed E-state index contributed by atoms with van der Waals surface area (Å²) in [5.74, 6) is 0.853. The van der Waals surface area contributed by atoms with Crippen LogP contribution >= 0.6 is 11.6 Å². The van der Waals surface area contributed by atoms with Gasteiger partial charge in [-0.1, -0.05) is 30.2 Å². The van der Waals surface area contributed by atoms with Crippen molar-refractivity contribution in [2.45, 2.75) is 44.6 Å². The summed E-state index contributed by atoms with van der Waals surface area (Å²) in [6, 6.07) is 5.90. The number of ether oxygens (including phenoxy) is 1. The second kappa shape index (κ2) is 6.27. The molecular formula is C14H20ClNO. The van der Waals surface area contributed by atoms with Gasteiger partial charge in [0.15, 0.2) is 0 Å². The molecule has 1 aliphatic carbocycles. The zero-order chi connectivity index (χ0) is 12.1. The Labute approximate surface area is 108 Å². The van der Waals surface area contributed by atoms with E-state index in [-0.39, 0.29) is 0 Å². The molecule has 17 heavy (non-hydrogen) atoms. The molecule has 1 saturated carbocycles. The molecule has 3 heteroatoms. The van der Waals surface area contributed by atoms with Crippen molar-refractivity contribution in [1.82, 2.24) is 0 Å². The molecule has 0 radical (unpaired) electrons. The van der Waals surface area contributed by atoms with E-state index >= 15 is 0 Å². The highest BCUT2D eigenvalue weighted by molar-refractivity contribution is 6.32. The maximum atomic E-state index is 6.22. The summed E-state index contributed by atoms with van der Waals surface area (Å²) < 4.78 is 6.08. The van der Waals surface area contributed by atoms with Crippen LogP contribution in [0.2, 0.25) is 5.02 Å². The smallest absolute Gasteiger partial charge is 0.141 e.